The number of nitrogens with zero attached hydrogens (tertiary/aromatic N) is 2. The van der Waals surface area contributed by atoms with Crippen LogP contribution in [0.1, 0.15) is 10.5 Å². The Bertz CT molecular complexity index is 369. The van der Waals surface area contributed by atoms with E-state index in [0.29, 0.717) is 12.3 Å². The predicted molar refractivity (Wildman–Crippen MR) is 58.3 cm³/mol. The number of carbonyl (C=O) groups is 1. The maximum atomic E-state index is 11.4. The van der Waals surface area contributed by atoms with Crippen LogP contribution in [-0.4, -0.2) is 38.9 Å². The van der Waals surface area contributed by atoms with E-state index in [4.69, 9.17) is 11.6 Å². The summed E-state index contributed by atoms with van der Waals surface area (Å²) in [7, 11) is -0.914. The summed E-state index contributed by atoms with van der Waals surface area (Å²) in [5, 5.41) is 9.95. The first-order valence-corrected chi connectivity index (χ1v) is 6.27. The highest BCUT2D eigenvalue weighted by Crippen LogP contribution is 2.01. The molecule has 0 saturated carbocycles. The fraction of sp³-hybridized carbons (Fsp3) is 0.375. The predicted octanol–water partition coefficient (Wildman–Crippen LogP) is 0.238. The summed E-state index contributed by atoms with van der Waals surface area (Å²) in [5.74, 6) is 0.0804. The maximum absolute atomic E-state index is 11.4. The van der Waals surface area contributed by atoms with Crippen molar-refractivity contribution in [1.29, 1.82) is 0 Å². The van der Waals surface area contributed by atoms with Crippen molar-refractivity contribution in [3.8, 4) is 0 Å². The van der Waals surface area contributed by atoms with Gasteiger partial charge in [-0.15, -0.1) is 10.2 Å². The summed E-state index contributed by atoms with van der Waals surface area (Å²) in [6.45, 7) is 0.353. The molecule has 1 aromatic heterocycles. The van der Waals surface area contributed by atoms with Crippen molar-refractivity contribution in [2.45, 2.75) is 0 Å². The van der Waals surface area contributed by atoms with E-state index in [1.807, 2.05) is 0 Å². The summed E-state index contributed by atoms with van der Waals surface area (Å²) in [5.41, 5.74) is 0.196. The molecule has 82 valence electrons. The second-order valence-corrected chi connectivity index (χ2v) is 4.72. The average Bonchev–Trinajstić information content (AvgIpc) is 2.18. The van der Waals surface area contributed by atoms with Gasteiger partial charge in [0.2, 0.25) is 0 Å². The Morgan fingerprint density at radius 2 is 2.27 bits per heavy atom. The van der Waals surface area contributed by atoms with Gasteiger partial charge < -0.3 is 5.32 Å². The summed E-state index contributed by atoms with van der Waals surface area (Å²) in [6.07, 6.45) is 1.58. The van der Waals surface area contributed by atoms with E-state index in [0.717, 1.165) is 0 Å². The quantitative estimate of drug-likeness (QED) is 0.827. The molecule has 1 aromatic rings. The SMILES string of the molecule is CS(=O)CCNC(=O)c1ccc(Cl)nn1. The number of amides is 1. The zero-order valence-electron chi connectivity index (χ0n) is 8.07. The first-order valence-electron chi connectivity index (χ1n) is 4.17. The molecular formula is C8H10ClN3O2S. The highest BCUT2D eigenvalue weighted by Gasteiger charge is 2.06. The van der Waals surface area contributed by atoms with Crippen LogP contribution in [0.15, 0.2) is 12.1 Å². The fourth-order valence-corrected chi connectivity index (χ4v) is 1.33. The molecule has 0 aromatic carbocycles. The Balaban J connectivity index is 2.47. The largest absolute Gasteiger partial charge is 0.350 e. The topological polar surface area (TPSA) is 72.0 Å². The third kappa shape index (κ3) is 4.35. The summed E-state index contributed by atoms with van der Waals surface area (Å²) >= 11 is 5.52. The van der Waals surface area contributed by atoms with Gasteiger partial charge in [-0.05, 0) is 12.1 Å². The minimum Gasteiger partial charge on any atom is -0.350 e. The molecule has 0 radical (unpaired) electrons. The molecule has 0 spiro atoms. The fourth-order valence-electron chi connectivity index (χ4n) is 0.836. The Hall–Kier alpha value is -1.01. The minimum absolute atomic E-state index is 0.196. The molecule has 0 saturated heterocycles. The van der Waals surface area contributed by atoms with Gasteiger partial charge in [0.25, 0.3) is 5.91 Å². The van der Waals surface area contributed by atoms with Gasteiger partial charge in [-0.1, -0.05) is 11.6 Å². The molecule has 0 fully saturated rings. The molecular weight excluding hydrogens is 238 g/mol. The smallest absolute Gasteiger partial charge is 0.271 e. The zero-order valence-corrected chi connectivity index (χ0v) is 9.64. The maximum Gasteiger partial charge on any atom is 0.271 e. The van der Waals surface area contributed by atoms with Crippen LogP contribution in [0.2, 0.25) is 5.15 Å². The molecule has 1 atom stereocenters. The van der Waals surface area contributed by atoms with Crippen LogP contribution in [0.3, 0.4) is 0 Å². The lowest BCUT2D eigenvalue weighted by molar-refractivity contribution is 0.0950. The summed E-state index contributed by atoms with van der Waals surface area (Å²) in [4.78, 5) is 11.4. The number of rotatable bonds is 4. The zero-order chi connectivity index (χ0) is 11.3. The highest BCUT2D eigenvalue weighted by molar-refractivity contribution is 7.84. The van der Waals surface area contributed by atoms with E-state index in [2.05, 4.69) is 15.5 Å². The van der Waals surface area contributed by atoms with Gasteiger partial charge in [0.1, 0.15) is 0 Å². The van der Waals surface area contributed by atoms with Crippen LogP contribution in [0.25, 0.3) is 0 Å². The second-order valence-electron chi connectivity index (χ2n) is 2.77. The van der Waals surface area contributed by atoms with Crippen LogP contribution < -0.4 is 5.32 Å². The first kappa shape index (κ1) is 12.1. The molecule has 7 heteroatoms. The van der Waals surface area contributed by atoms with Crippen molar-refractivity contribution in [2.24, 2.45) is 0 Å². The van der Waals surface area contributed by atoms with Crippen molar-refractivity contribution in [1.82, 2.24) is 15.5 Å². The number of halogens is 1. The molecule has 0 bridgehead atoms. The van der Waals surface area contributed by atoms with E-state index >= 15 is 0 Å². The van der Waals surface area contributed by atoms with E-state index in [1.165, 1.54) is 12.1 Å². The molecule has 1 amide bonds. The van der Waals surface area contributed by atoms with Gasteiger partial charge >= 0.3 is 0 Å². The number of aromatic nitrogens is 2. The Kier molecular flexibility index (Phi) is 4.64. The monoisotopic (exact) mass is 247 g/mol. The molecule has 1 heterocycles. The van der Waals surface area contributed by atoms with Crippen LogP contribution in [0, 0.1) is 0 Å². The van der Waals surface area contributed by atoms with Crippen molar-refractivity contribution < 1.29 is 9.00 Å². The first-order chi connectivity index (χ1) is 7.09. The van der Waals surface area contributed by atoms with E-state index in [1.54, 1.807) is 6.26 Å². The van der Waals surface area contributed by atoms with Gasteiger partial charge in [-0.2, -0.15) is 0 Å². The van der Waals surface area contributed by atoms with Crippen LogP contribution in [0.4, 0.5) is 0 Å². The Labute approximate surface area is 94.7 Å². The normalized spacial score (nSPS) is 12.1. The van der Waals surface area contributed by atoms with Crippen molar-refractivity contribution in [2.75, 3.05) is 18.6 Å². The number of carbonyl (C=O) groups excluding carboxylic acids is 1. The van der Waals surface area contributed by atoms with Crippen molar-refractivity contribution in [3.05, 3.63) is 23.0 Å². The third-order valence-corrected chi connectivity index (χ3v) is 2.52. The summed E-state index contributed by atoms with van der Waals surface area (Å²) < 4.78 is 10.7. The third-order valence-electron chi connectivity index (χ3n) is 1.54. The molecule has 5 nitrogen and oxygen atoms in total. The molecule has 1 unspecified atom stereocenters. The van der Waals surface area contributed by atoms with Gasteiger partial charge in [0.05, 0.1) is 0 Å². The molecule has 1 N–H and O–H groups in total. The van der Waals surface area contributed by atoms with E-state index in [9.17, 15) is 9.00 Å². The average molecular weight is 248 g/mol. The van der Waals surface area contributed by atoms with Crippen LogP contribution >= 0.6 is 11.6 Å². The summed E-state index contributed by atoms with van der Waals surface area (Å²) in [6, 6.07) is 2.97. The van der Waals surface area contributed by atoms with E-state index < -0.39 is 10.8 Å². The Morgan fingerprint density at radius 1 is 1.53 bits per heavy atom. The Morgan fingerprint density at radius 3 is 2.80 bits per heavy atom. The van der Waals surface area contributed by atoms with Gasteiger partial charge in [-0.3, -0.25) is 9.00 Å². The molecule has 0 aliphatic heterocycles. The second kappa shape index (κ2) is 5.77. The van der Waals surface area contributed by atoms with E-state index in [-0.39, 0.29) is 16.8 Å². The lowest BCUT2D eigenvalue weighted by Gasteiger charge is -2.02. The molecule has 15 heavy (non-hydrogen) atoms. The minimum atomic E-state index is -0.914. The number of hydrogen-bond acceptors (Lipinski definition) is 4. The molecule has 0 aliphatic carbocycles. The van der Waals surface area contributed by atoms with Crippen molar-refractivity contribution >= 4 is 28.3 Å². The van der Waals surface area contributed by atoms with Gasteiger partial charge in [-0.25, -0.2) is 0 Å². The van der Waals surface area contributed by atoms with Gasteiger partial charge in [0, 0.05) is 29.4 Å². The standard InChI is InChI=1S/C8H10ClN3O2S/c1-15(14)5-4-10-8(13)6-2-3-7(9)12-11-6/h2-3H,4-5H2,1H3,(H,10,13). The molecule has 0 aliphatic rings. The van der Waals surface area contributed by atoms with Crippen LogP contribution in [-0.2, 0) is 10.8 Å². The number of hydrogen-bond donors (Lipinski definition) is 1. The van der Waals surface area contributed by atoms with Gasteiger partial charge in [0.15, 0.2) is 10.8 Å². The lowest BCUT2D eigenvalue weighted by atomic mass is 10.4. The molecule has 1 rings (SSSR count). The number of nitrogens with one attached hydrogen (secondary N) is 1. The van der Waals surface area contributed by atoms with Crippen LogP contribution in [0.5, 0.6) is 0 Å². The lowest BCUT2D eigenvalue weighted by Crippen LogP contribution is -2.28. The van der Waals surface area contributed by atoms with Crippen molar-refractivity contribution in [3.63, 3.8) is 0 Å². The highest BCUT2D eigenvalue weighted by atomic mass is 35.5.